The second-order valence-electron chi connectivity index (χ2n) is 9.57. The van der Waals surface area contributed by atoms with Crippen LogP contribution in [-0.2, 0) is 29.1 Å². The molecule has 2 heterocycles. The minimum absolute atomic E-state index is 0.0643. The van der Waals surface area contributed by atoms with Gasteiger partial charge in [0.2, 0.25) is 5.91 Å². The standard InChI is InChI=1S/C29H38N6O2S/c1-5-25-20-38-29(32-25)22-12-11-21(3)26(15-22)34(18-27(36)31-14-13-30-6-2)19-28(37)33(4)35-16-23-9-7-8-10-24(23)17-35/h7-12,15,20,30H,5-6,13-14,16-19H2,1-4H3,(H,31,36). The quantitative estimate of drug-likeness (QED) is 0.346. The summed E-state index contributed by atoms with van der Waals surface area (Å²) in [5.74, 6) is -0.176. The maximum Gasteiger partial charge on any atom is 0.256 e. The van der Waals surface area contributed by atoms with Crippen molar-refractivity contribution in [2.75, 3.05) is 44.7 Å². The number of nitrogens with zero attached hydrogens (tertiary/aromatic N) is 4. The number of carbonyl (C=O) groups excluding carboxylic acids is 2. The lowest BCUT2D eigenvalue weighted by Gasteiger charge is -2.32. The van der Waals surface area contributed by atoms with Gasteiger partial charge in [-0.2, -0.15) is 0 Å². The first-order valence-electron chi connectivity index (χ1n) is 13.3. The number of aryl methyl sites for hydroxylation is 2. The lowest BCUT2D eigenvalue weighted by atomic mass is 10.1. The Balaban J connectivity index is 1.54. The third kappa shape index (κ3) is 6.78. The van der Waals surface area contributed by atoms with Crippen molar-refractivity contribution in [3.05, 3.63) is 70.2 Å². The van der Waals surface area contributed by atoms with Gasteiger partial charge in [0.1, 0.15) is 5.01 Å². The number of fused-ring (bicyclic) bond motifs is 1. The fourth-order valence-corrected chi connectivity index (χ4v) is 5.46. The Morgan fingerprint density at radius 3 is 2.45 bits per heavy atom. The molecular weight excluding hydrogens is 496 g/mol. The number of aromatic nitrogens is 1. The summed E-state index contributed by atoms with van der Waals surface area (Å²) < 4.78 is 0. The Labute approximate surface area is 229 Å². The highest BCUT2D eigenvalue weighted by Crippen LogP contribution is 2.30. The SMILES string of the molecule is CCNCCNC(=O)CN(CC(=O)N(C)N1Cc2ccccc2C1)c1cc(-c2nc(CC)cs2)ccc1C. The summed E-state index contributed by atoms with van der Waals surface area (Å²) in [5.41, 5.74) is 6.40. The average Bonchev–Trinajstić information content (AvgIpc) is 3.58. The van der Waals surface area contributed by atoms with Crippen LogP contribution in [0.4, 0.5) is 5.69 Å². The van der Waals surface area contributed by atoms with E-state index in [4.69, 9.17) is 4.98 Å². The number of thiazole rings is 1. The molecule has 38 heavy (non-hydrogen) atoms. The predicted octanol–water partition coefficient (Wildman–Crippen LogP) is 3.60. The van der Waals surface area contributed by atoms with Gasteiger partial charge in [0, 0.05) is 49.9 Å². The van der Waals surface area contributed by atoms with Gasteiger partial charge in [-0.1, -0.05) is 50.2 Å². The maximum absolute atomic E-state index is 13.5. The molecule has 0 aliphatic carbocycles. The molecule has 1 aromatic heterocycles. The molecule has 0 radical (unpaired) electrons. The van der Waals surface area contributed by atoms with Crippen molar-refractivity contribution in [1.82, 2.24) is 25.6 Å². The highest BCUT2D eigenvalue weighted by atomic mass is 32.1. The van der Waals surface area contributed by atoms with E-state index >= 15 is 0 Å². The molecule has 202 valence electrons. The molecule has 0 atom stereocenters. The van der Waals surface area contributed by atoms with Crippen molar-refractivity contribution in [2.45, 2.75) is 40.3 Å². The van der Waals surface area contributed by atoms with E-state index in [1.54, 1.807) is 16.3 Å². The van der Waals surface area contributed by atoms with Crippen LogP contribution in [0.15, 0.2) is 47.8 Å². The fourth-order valence-electron chi connectivity index (χ4n) is 4.56. The number of hydrogen-bond acceptors (Lipinski definition) is 7. The zero-order valence-corrected chi connectivity index (χ0v) is 23.6. The zero-order valence-electron chi connectivity index (χ0n) is 22.8. The van der Waals surface area contributed by atoms with Gasteiger partial charge in [0.05, 0.1) is 18.8 Å². The number of hydrazine groups is 1. The average molecular weight is 535 g/mol. The normalized spacial score (nSPS) is 12.8. The zero-order chi connectivity index (χ0) is 27.1. The van der Waals surface area contributed by atoms with Gasteiger partial charge in [0.25, 0.3) is 5.91 Å². The number of rotatable bonds is 12. The lowest BCUT2D eigenvalue weighted by molar-refractivity contribution is -0.145. The molecule has 1 aliphatic heterocycles. The summed E-state index contributed by atoms with van der Waals surface area (Å²) in [6.07, 6.45) is 0.885. The summed E-state index contributed by atoms with van der Waals surface area (Å²) in [6.45, 7) is 9.81. The first-order valence-corrected chi connectivity index (χ1v) is 14.1. The van der Waals surface area contributed by atoms with E-state index in [0.29, 0.717) is 26.2 Å². The minimum atomic E-state index is -0.112. The van der Waals surface area contributed by atoms with Crippen molar-refractivity contribution in [2.24, 2.45) is 0 Å². The molecule has 4 rings (SSSR count). The highest BCUT2D eigenvalue weighted by Gasteiger charge is 2.27. The minimum Gasteiger partial charge on any atom is -0.353 e. The summed E-state index contributed by atoms with van der Waals surface area (Å²) in [7, 11) is 1.81. The van der Waals surface area contributed by atoms with Crippen LogP contribution in [0.25, 0.3) is 10.6 Å². The molecule has 2 amide bonds. The maximum atomic E-state index is 13.5. The van der Waals surface area contributed by atoms with Crippen molar-refractivity contribution in [3.63, 3.8) is 0 Å². The molecule has 0 saturated heterocycles. The van der Waals surface area contributed by atoms with E-state index in [9.17, 15) is 9.59 Å². The number of benzene rings is 2. The number of anilines is 1. The van der Waals surface area contributed by atoms with Crippen LogP contribution < -0.4 is 15.5 Å². The second-order valence-corrected chi connectivity index (χ2v) is 10.4. The molecule has 0 unspecified atom stereocenters. The van der Waals surface area contributed by atoms with Gasteiger partial charge < -0.3 is 15.5 Å². The van der Waals surface area contributed by atoms with Crippen LogP contribution in [0.2, 0.25) is 0 Å². The van der Waals surface area contributed by atoms with Gasteiger partial charge in [0.15, 0.2) is 0 Å². The summed E-state index contributed by atoms with van der Waals surface area (Å²) in [4.78, 5) is 33.1. The number of hydrogen-bond donors (Lipinski definition) is 2. The Morgan fingerprint density at radius 1 is 1.05 bits per heavy atom. The van der Waals surface area contributed by atoms with Crippen LogP contribution in [0.1, 0.15) is 36.2 Å². The van der Waals surface area contributed by atoms with Crippen LogP contribution >= 0.6 is 11.3 Å². The molecule has 8 nitrogen and oxygen atoms in total. The molecule has 0 spiro atoms. The van der Waals surface area contributed by atoms with Gasteiger partial charge in [-0.25, -0.2) is 9.99 Å². The molecule has 0 saturated carbocycles. The first-order chi connectivity index (χ1) is 18.4. The molecule has 2 aromatic carbocycles. The Hall–Kier alpha value is -3.27. The van der Waals surface area contributed by atoms with Crippen molar-refractivity contribution in [1.29, 1.82) is 0 Å². The number of nitrogens with one attached hydrogen (secondary N) is 2. The lowest BCUT2D eigenvalue weighted by Crippen LogP contribution is -2.48. The monoisotopic (exact) mass is 534 g/mol. The third-order valence-electron chi connectivity index (χ3n) is 6.85. The van der Waals surface area contributed by atoms with Crippen molar-refractivity contribution >= 4 is 28.8 Å². The van der Waals surface area contributed by atoms with E-state index < -0.39 is 0 Å². The Kier molecular flexibility index (Phi) is 9.49. The van der Waals surface area contributed by atoms with E-state index in [1.165, 1.54) is 11.1 Å². The van der Waals surface area contributed by atoms with Crippen molar-refractivity contribution < 1.29 is 9.59 Å². The molecule has 2 N–H and O–H groups in total. The van der Waals surface area contributed by atoms with Gasteiger partial charge >= 0.3 is 0 Å². The summed E-state index contributed by atoms with van der Waals surface area (Å²) in [5, 5.41) is 13.0. The van der Waals surface area contributed by atoms with Crippen LogP contribution in [0.5, 0.6) is 0 Å². The second kappa shape index (κ2) is 13.0. The predicted molar refractivity (Wildman–Crippen MR) is 154 cm³/mol. The van der Waals surface area contributed by atoms with E-state index in [-0.39, 0.29) is 24.9 Å². The molecule has 1 aliphatic rings. The number of amides is 2. The van der Waals surface area contributed by atoms with Crippen LogP contribution in [-0.4, -0.2) is 66.6 Å². The summed E-state index contributed by atoms with van der Waals surface area (Å²) >= 11 is 1.62. The molecule has 3 aromatic rings. The van der Waals surface area contributed by atoms with E-state index in [0.717, 1.165) is 40.5 Å². The molecule has 9 heteroatoms. The Morgan fingerprint density at radius 2 is 1.79 bits per heavy atom. The smallest absolute Gasteiger partial charge is 0.256 e. The molecule has 0 fully saturated rings. The van der Waals surface area contributed by atoms with Gasteiger partial charge in [-0.3, -0.25) is 14.6 Å². The highest BCUT2D eigenvalue weighted by molar-refractivity contribution is 7.13. The van der Waals surface area contributed by atoms with Gasteiger partial charge in [-0.15, -0.1) is 11.3 Å². The van der Waals surface area contributed by atoms with E-state index in [1.807, 2.05) is 49.0 Å². The number of likely N-dealkylation sites (N-methyl/N-ethyl adjacent to an activating group) is 2. The molecular formula is C29H38N6O2S. The summed E-state index contributed by atoms with van der Waals surface area (Å²) in [6, 6.07) is 14.4. The van der Waals surface area contributed by atoms with E-state index in [2.05, 4.69) is 47.2 Å². The topological polar surface area (TPSA) is 80.8 Å². The Bertz CT molecular complexity index is 1230. The molecule has 0 bridgehead atoms. The number of carbonyl (C=O) groups is 2. The first kappa shape index (κ1) is 27.8. The van der Waals surface area contributed by atoms with Crippen LogP contribution in [0, 0.1) is 6.92 Å². The largest absolute Gasteiger partial charge is 0.353 e. The fraction of sp³-hybridized carbons (Fsp3) is 0.414. The van der Waals surface area contributed by atoms with Crippen molar-refractivity contribution in [3.8, 4) is 10.6 Å². The van der Waals surface area contributed by atoms with Crippen LogP contribution in [0.3, 0.4) is 0 Å². The third-order valence-corrected chi connectivity index (χ3v) is 7.79. The van der Waals surface area contributed by atoms with Gasteiger partial charge in [-0.05, 0) is 42.6 Å².